The largest absolute Gasteiger partial charge is 0.478 e. The van der Waals surface area contributed by atoms with Crippen molar-refractivity contribution in [2.75, 3.05) is 0 Å². The average molecular weight is 226 g/mol. The second-order valence-corrected chi connectivity index (χ2v) is 4.44. The molecular weight excluding hydrogens is 214 g/mol. The molecule has 0 fully saturated rings. The molecule has 0 saturated heterocycles. The highest BCUT2D eigenvalue weighted by Crippen LogP contribution is 2.31. The first-order valence-electron chi connectivity index (χ1n) is 4.99. The average Bonchev–Trinajstić information content (AvgIpc) is 2.19. The molecule has 1 unspecified atom stereocenters. The molecule has 0 radical (unpaired) electrons. The summed E-state index contributed by atoms with van der Waals surface area (Å²) >= 11 is 6.07. The van der Waals surface area contributed by atoms with Gasteiger partial charge in [-0.3, -0.25) is 4.98 Å². The van der Waals surface area contributed by atoms with Crippen molar-refractivity contribution >= 4 is 17.6 Å². The van der Waals surface area contributed by atoms with E-state index in [-0.39, 0.29) is 5.56 Å². The van der Waals surface area contributed by atoms with E-state index < -0.39 is 5.97 Å². The van der Waals surface area contributed by atoms with Crippen LogP contribution in [0.4, 0.5) is 0 Å². The predicted molar refractivity (Wildman–Crippen MR) is 57.4 cm³/mol. The lowest BCUT2D eigenvalue weighted by molar-refractivity contribution is 0.0696. The number of carboxylic acid groups (broad SMARTS) is 1. The van der Waals surface area contributed by atoms with Crippen LogP contribution in [-0.4, -0.2) is 16.1 Å². The molecule has 1 aliphatic carbocycles. The number of aromatic carboxylic acids is 1. The van der Waals surface area contributed by atoms with E-state index in [0.29, 0.717) is 10.9 Å². The molecule has 1 aromatic heterocycles. The van der Waals surface area contributed by atoms with Gasteiger partial charge in [-0.1, -0.05) is 18.5 Å². The Morgan fingerprint density at radius 3 is 3.07 bits per heavy atom. The summed E-state index contributed by atoms with van der Waals surface area (Å²) in [5, 5.41) is 9.28. The van der Waals surface area contributed by atoms with Crippen molar-refractivity contribution in [1.82, 2.24) is 4.98 Å². The highest BCUT2D eigenvalue weighted by molar-refractivity contribution is 6.34. The van der Waals surface area contributed by atoms with Gasteiger partial charge in [-0.2, -0.15) is 0 Å². The minimum atomic E-state index is -1.01. The van der Waals surface area contributed by atoms with Crippen molar-refractivity contribution < 1.29 is 9.90 Å². The molecule has 3 nitrogen and oxygen atoms in total. The first-order valence-corrected chi connectivity index (χ1v) is 5.37. The number of fused-ring (bicyclic) bond motifs is 1. The topological polar surface area (TPSA) is 50.2 Å². The van der Waals surface area contributed by atoms with Gasteiger partial charge in [-0.25, -0.2) is 4.79 Å². The van der Waals surface area contributed by atoms with E-state index in [1.807, 2.05) is 0 Å². The van der Waals surface area contributed by atoms with Gasteiger partial charge < -0.3 is 5.11 Å². The fourth-order valence-corrected chi connectivity index (χ4v) is 2.29. The van der Waals surface area contributed by atoms with Gasteiger partial charge >= 0.3 is 5.97 Å². The second-order valence-electron chi connectivity index (χ2n) is 4.06. The van der Waals surface area contributed by atoms with Crippen LogP contribution in [0.2, 0.25) is 5.02 Å². The highest BCUT2D eigenvalue weighted by atomic mass is 35.5. The van der Waals surface area contributed by atoms with Crippen LogP contribution in [0.3, 0.4) is 0 Å². The van der Waals surface area contributed by atoms with Crippen molar-refractivity contribution in [3.8, 4) is 0 Å². The zero-order valence-corrected chi connectivity index (χ0v) is 9.21. The summed E-state index contributed by atoms with van der Waals surface area (Å²) in [6.45, 7) is 2.15. The Labute approximate surface area is 93.1 Å². The number of aryl methyl sites for hydroxylation is 1. The van der Waals surface area contributed by atoms with Gasteiger partial charge in [0.05, 0.1) is 10.6 Å². The predicted octanol–water partition coefficient (Wildman–Crippen LogP) is 2.56. The molecule has 0 aromatic carbocycles. The molecule has 0 spiro atoms. The van der Waals surface area contributed by atoms with Gasteiger partial charge in [-0.15, -0.1) is 0 Å². The summed E-state index contributed by atoms with van der Waals surface area (Å²) in [7, 11) is 0. The Morgan fingerprint density at radius 2 is 2.40 bits per heavy atom. The van der Waals surface area contributed by atoms with Crippen molar-refractivity contribution in [3.05, 3.63) is 28.0 Å². The summed E-state index contributed by atoms with van der Waals surface area (Å²) < 4.78 is 0. The molecule has 0 bridgehead atoms. The van der Waals surface area contributed by atoms with Crippen LogP contribution >= 0.6 is 11.6 Å². The molecule has 15 heavy (non-hydrogen) atoms. The molecule has 2 rings (SSSR count). The normalized spacial score (nSPS) is 19.7. The van der Waals surface area contributed by atoms with E-state index in [1.165, 1.54) is 6.20 Å². The van der Waals surface area contributed by atoms with E-state index >= 15 is 0 Å². The molecule has 4 heteroatoms. The molecular formula is C11H12ClNO2. The third-order valence-corrected chi connectivity index (χ3v) is 3.29. The van der Waals surface area contributed by atoms with Crippen LogP contribution in [0.25, 0.3) is 0 Å². The number of carboxylic acids is 1. The van der Waals surface area contributed by atoms with Crippen molar-refractivity contribution in [1.29, 1.82) is 0 Å². The molecule has 1 atom stereocenters. The Balaban J connectivity index is 2.51. The number of nitrogens with zero attached hydrogens (tertiary/aromatic N) is 1. The Kier molecular flexibility index (Phi) is 2.65. The number of aromatic nitrogens is 1. The Morgan fingerprint density at radius 1 is 1.67 bits per heavy atom. The van der Waals surface area contributed by atoms with Gasteiger partial charge in [0.25, 0.3) is 0 Å². The molecule has 1 N–H and O–H groups in total. The number of carbonyl (C=O) groups is 1. The summed E-state index contributed by atoms with van der Waals surface area (Å²) in [5.41, 5.74) is 2.00. The van der Waals surface area contributed by atoms with Gasteiger partial charge in [0.15, 0.2) is 0 Å². The zero-order valence-electron chi connectivity index (χ0n) is 8.46. The summed E-state index contributed by atoms with van der Waals surface area (Å²) in [6.07, 6.45) is 4.20. The number of rotatable bonds is 1. The molecule has 0 aliphatic heterocycles. The van der Waals surface area contributed by atoms with E-state index in [4.69, 9.17) is 16.7 Å². The second kappa shape index (κ2) is 3.81. The van der Waals surface area contributed by atoms with E-state index in [1.54, 1.807) is 0 Å². The number of pyridine rings is 1. The van der Waals surface area contributed by atoms with Gasteiger partial charge in [0.2, 0.25) is 0 Å². The smallest absolute Gasteiger partial charge is 0.338 e. The zero-order chi connectivity index (χ0) is 11.0. The number of halogens is 1. The quantitative estimate of drug-likeness (QED) is 0.799. The summed E-state index contributed by atoms with van der Waals surface area (Å²) in [5.74, 6) is -0.450. The van der Waals surface area contributed by atoms with Crippen LogP contribution in [0, 0.1) is 5.92 Å². The molecule has 0 saturated carbocycles. The van der Waals surface area contributed by atoms with Crippen LogP contribution in [0.1, 0.15) is 35.0 Å². The van der Waals surface area contributed by atoms with Crippen molar-refractivity contribution in [2.45, 2.75) is 26.2 Å². The summed E-state index contributed by atoms with van der Waals surface area (Å²) in [4.78, 5) is 15.0. The van der Waals surface area contributed by atoms with Crippen LogP contribution in [0.15, 0.2) is 6.20 Å². The summed E-state index contributed by atoms with van der Waals surface area (Å²) in [6, 6.07) is 0. The Bertz CT molecular complexity index is 417. The fraction of sp³-hybridized carbons (Fsp3) is 0.455. The standard InChI is InChI=1S/C11H12ClNO2/c1-6-2-3-9-7(4-6)10(12)8(5-13-9)11(14)15/h5-6H,2-4H2,1H3,(H,14,15). The fourth-order valence-electron chi connectivity index (χ4n) is 1.97. The first kappa shape index (κ1) is 10.4. The minimum absolute atomic E-state index is 0.115. The number of hydrogen-bond donors (Lipinski definition) is 1. The lowest BCUT2D eigenvalue weighted by Crippen LogP contribution is -2.15. The lowest BCUT2D eigenvalue weighted by atomic mass is 9.87. The molecule has 80 valence electrons. The van der Waals surface area contributed by atoms with Crippen molar-refractivity contribution in [3.63, 3.8) is 0 Å². The molecule has 1 aromatic rings. The third kappa shape index (κ3) is 1.84. The molecule has 0 amide bonds. The maximum atomic E-state index is 10.9. The Hall–Kier alpha value is -1.09. The van der Waals surface area contributed by atoms with E-state index in [9.17, 15) is 4.79 Å². The number of hydrogen-bond acceptors (Lipinski definition) is 2. The van der Waals surface area contributed by atoms with Gasteiger partial charge in [0.1, 0.15) is 0 Å². The van der Waals surface area contributed by atoms with Crippen LogP contribution in [0.5, 0.6) is 0 Å². The van der Waals surface area contributed by atoms with E-state index in [0.717, 1.165) is 30.5 Å². The van der Waals surface area contributed by atoms with Crippen LogP contribution in [-0.2, 0) is 12.8 Å². The maximum absolute atomic E-state index is 10.9. The monoisotopic (exact) mass is 225 g/mol. The maximum Gasteiger partial charge on any atom is 0.338 e. The molecule has 1 heterocycles. The van der Waals surface area contributed by atoms with Crippen molar-refractivity contribution in [2.24, 2.45) is 5.92 Å². The van der Waals surface area contributed by atoms with Gasteiger partial charge in [0, 0.05) is 11.9 Å². The van der Waals surface area contributed by atoms with Gasteiger partial charge in [-0.05, 0) is 30.7 Å². The third-order valence-electron chi connectivity index (χ3n) is 2.86. The highest BCUT2D eigenvalue weighted by Gasteiger charge is 2.22. The lowest BCUT2D eigenvalue weighted by Gasteiger charge is -2.21. The van der Waals surface area contributed by atoms with E-state index in [2.05, 4.69) is 11.9 Å². The molecule has 1 aliphatic rings. The minimum Gasteiger partial charge on any atom is -0.478 e. The first-order chi connectivity index (χ1) is 7.09. The SMILES string of the molecule is CC1CCc2ncc(C(=O)O)c(Cl)c2C1. The van der Waals surface area contributed by atoms with Crippen LogP contribution < -0.4 is 0 Å².